The van der Waals surface area contributed by atoms with E-state index in [0.29, 0.717) is 28.0 Å². The highest BCUT2D eigenvalue weighted by Gasteiger charge is 2.34. The number of aromatic nitrogens is 2. The first-order chi connectivity index (χ1) is 12.3. The molecule has 1 aromatic carbocycles. The van der Waals surface area contributed by atoms with Gasteiger partial charge in [0.05, 0.1) is 23.4 Å². The molecule has 3 rings (SSSR count). The Kier molecular flexibility index (Phi) is 5.22. The van der Waals surface area contributed by atoms with Crippen LogP contribution in [0.1, 0.15) is 23.1 Å². The molecule has 0 spiro atoms. The zero-order chi connectivity index (χ0) is 19.0. The maximum absolute atomic E-state index is 12.8. The van der Waals surface area contributed by atoms with Gasteiger partial charge in [0.1, 0.15) is 0 Å². The van der Waals surface area contributed by atoms with E-state index >= 15 is 0 Å². The van der Waals surface area contributed by atoms with Gasteiger partial charge in [-0.15, -0.1) is 0 Å². The quantitative estimate of drug-likeness (QED) is 0.860. The van der Waals surface area contributed by atoms with E-state index in [1.165, 1.54) is 4.90 Å². The highest BCUT2D eigenvalue weighted by atomic mass is 35.5. The molecule has 0 radical (unpaired) electrons. The Morgan fingerprint density at radius 2 is 2.00 bits per heavy atom. The molecule has 1 saturated heterocycles. The van der Waals surface area contributed by atoms with Crippen molar-refractivity contribution < 1.29 is 19.4 Å². The van der Waals surface area contributed by atoms with E-state index in [4.69, 9.17) is 33.0 Å². The summed E-state index contributed by atoms with van der Waals surface area (Å²) < 4.78 is 6.90. The van der Waals surface area contributed by atoms with Crippen LogP contribution in [0.25, 0.3) is 5.69 Å². The number of halogens is 2. The molecule has 1 unspecified atom stereocenters. The average molecular weight is 398 g/mol. The number of ether oxygens (including phenoxy) is 1. The number of hydrogen-bond acceptors (Lipinski definition) is 4. The lowest BCUT2D eigenvalue weighted by Gasteiger charge is -2.34. The molecule has 1 aliphatic rings. The van der Waals surface area contributed by atoms with E-state index < -0.39 is 12.1 Å². The van der Waals surface area contributed by atoms with Crippen molar-refractivity contribution in [2.45, 2.75) is 26.1 Å². The van der Waals surface area contributed by atoms with Gasteiger partial charge in [-0.2, -0.15) is 5.10 Å². The van der Waals surface area contributed by atoms with Crippen LogP contribution in [0.2, 0.25) is 10.0 Å². The van der Waals surface area contributed by atoms with Crippen LogP contribution in [0.5, 0.6) is 0 Å². The standard InChI is InChI=1S/C17H17Cl2N3O4/c1-9-5-13(20-22(9)14-4-3-11(18)6-12(14)19)16(23)21-7-10(2)26-15(8-21)17(24)25/h3-6,10,15H,7-8H2,1-2H3,(H,24,25)/t10-,15?/m1/s1. The minimum atomic E-state index is -1.09. The van der Waals surface area contributed by atoms with Crippen molar-refractivity contribution in [3.63, 3.8) is 0 Å². The maximum Gasteiger partial charge on any atom is 0.334 e. The molecule has 1 fully saturated rings. The fourth-order valence-electron chi connectivity index (χ4n) is 2.89. The monoisotopic (exact) mass is 397 g/mol. The van der Waals surface area contributed by atoms with E-state index in [2.05, 4.69) is 5.10 Å². The third-order valence-electron chi connectivity index (χ3n) is 4.07. The minimum Gasteiger partial charge on any atom is -0.479 e. The smallest absolute Gasteiger partial charge is 0.334 e. The van der Waals surface area contributed by atoms with Crippen molar-refractivity contribution in [2.24, 2.45) is 0 Å². The molecule has 1 aromatic heterocycles. The summed E-state index contributed by atoms with van der Waals surface area (Å²) in [5, 5.41) is 14.4. The number of rotatable bonds is 3. The molecule has 1 N–H and O–H groups in total. The van der Waals surface area contributed by atoms with Gasteiger partial charge >= 0.3 is 5.97 Å². The number of aryl methyl sites for hydroxylation is 1. The van der Waals surface area contributed by atoms with E-state index in [9.17, 15) is 9.59 Å². The average Bonchev–Trinajstić information content (AvgIpc) is 2.95. The number of carbonyl (C=O) groups excluding carboxylic acids is 1. The third-order valence-corrected chi connectivity index (χ3v) is 4.61. The van der Waals surface area contributed by atoms with Crippen molar-refractivity contribution in [2.75, 3.05) is 13.1 Å². The van der Waals surface area contributed by atoms with E-state index in [1.807, 2.05) is 0 Å². The van der Waals surface area contributed by atoms with Crippen molar-refractivity contribution in [3.05, 3.63) is 45.7 Å². The second kappa shape index (κ2) is 7.26. The summed E-state index contributed by atoms with van der Waals surface area (Å²) in [7, 11) is 0. The molecule has 1 amide bonds. The van der Waals surface area contributed by atoms with E-state index in [1.54, 1.807) is 42.8 Å². The Balaban J connectivity index is 1.88. The normalized spacial score (nSPS) is 20.2. The van der Waals surface area contributed by atoms with Crippen LogP contribution < -0.4 is 0 Å². The number of nitrogens with zero attached hydrogens (tertiary/aromatic N) is 3. The van der Waals surface area contributed by atoms with Gasteiger partial charge in [-0.1, -0.05) is 23.2 Å². The fourth-order valence-corrected chi connectivity index (χ4v) is 3.38. The van der Waals surface area contributed by atoms with Crippen molar-refractivity contribution in [1.29, 1.82) is 0 Å². The number of carboxylic acids is 1. The van der Waals surface area contributed by atoms with Crippen LogP contribution in [0.15, 0.2) is 24.3 Å². The summed E-state index contributed by atoms with van der Waals surface area (Å²) in [6.45, 7) is 3.81. The van der Waals surface area contributed by atoms with Crippen LogP contribution in [0.4, 0.5) is 0 Å². The third kappa shape index (κ3) is 3.70. The molecule has 0 saturated carbocycles. The van der Waals surface area contributed by atoms with Gasteiger partial charge in [0.2, 0.25) is 0 Å². The first-order valence-electron chi connectivity index (χ1n) is 7.96. The number of benzene rings is 1. The zero-order valence-electron chi connectivity index (χ0n) is 14.1. The van der Waals surface area contributed by atoms with E-state index in [-0.39, 0.29) is 24.2 Å². The molecule has 9 heteroatoms. The molecule has 2 aromatic rings. The molecule has 138 valence electrons. The first-order valence-corrected chi connectivity index (χ1v) is 8.71. The van der Waals surface area contributed by atoms with Crippen molar-refractivity contribution in [3.8, 4) is 5.69 Å². The van der Waals surface area contributed by atoms with Gasteiger partial charge < -0.3 is 14.7 Å². The summed E-state index contributed by atoms with van der Waals surface area (Å²) in [5.41, 5.74) is 1.53. The van der Waals surface area contributed by atoms with Crippen molar-refractivity contribution in [1.82, 2.24) is 14.7 Å². The van der Waals surface area contributed by atoms with Crippen LogP contribution in [0, 0.1) is 6.92 Å². The number of aliphatic carboxylic acids is 1. The lowest BCUT2D eigenvalue weighted by atomic mass is 10.2. The van der Waals surface area contributed by atoms with Gasteiger partial charge in [-0.3, -0.25) is 4.79 Å². The Morgan fingerprint density at radius 3 is 2.65 bits per heavy atom. The molecular formula is C17H17Cl2N3O4. The number of hydrogen-bond donors (Lipinski definition) is 1. The molecule has 7 nitrogen and oxygen atoms in total. The molecule has 26 heavy (non-hydrogen) atoms. The number of morpholine rings is 1. The van der Waals surface area contributed by atoms with Gasteiger partial charge in [0.15, 0.2) is 11.8 Å². The molecule has 2 heterocycles. The lowest BCUT2D eigenvalue weighted by Crippen LogP contribution is -2.51. The number of carbonyl (C=O) groups is 2. The zero-order valence-corrected chi connectivity index (χ0v) is 15.7. The number of amides is 1. The molecular weight excluding hydrogens is 381 g/mol. The molecule has 0 aliphatic carbocycles. The first kappa shape index (κ1) is 18.7. The topological polar surface area (TPSA) is 84.7 Å². The summed E-state index contributed by atoms with van der Waals surface area (Å²) in [4.78, 5) is 25.4. The summed E-state index contributed by atoms with van der Waals surface area (Å²) in [6.07, 6.45) is -1.42. The molecule has 1 aliphatic heterocycles. The van der Waals surface area contributed by atoms with Gasteiger partial charge in [0, 0.05) is 17.3 Å². The molecule has 2 atom stereocenters. The highest BCUT2D eigenvalue weighted by molar-refractivity contribution is 6.35. The van der Waals surface area contributed by atoms with Crippen molar-refractivity contribution >= 4 is 35.1 Å². The second-order valence-corrected chi connectivity index (χ2v) is 7.01. The highest BCUT2D eigenvalue weighted by Crippen LogP contribution is 2.25. The summed E-state index contributed by atoms with van der Waals surface area (Å²) in [6, 6.07) is 6.65. The lowest BCUT2D eigenvalue weighted by molar-refractivity contribution is -0.160. The predicted octanol–water partition coefficient (Wildman–Crippen LogP) is 2.80. The Bertz CT molecular complexity index is 868. The van der Waals surface area contributed by atoms with Crippen LogP contribution in [0.3, 0.4) is 0 Å². The summed E-state index contributed by atoms with van der Waals surface area (Å²) in [5.74, 6) is -1.44. The second-order valence-electron chi connectivity index (χ2n) is 6.16. The predicted molar refractivity (Wildman–Crippen MR) is 96.2 cm³/mol. The number of carboxylic acid groups (broad SMARTS) is 1. The SMILES string of the molecule is Cc1cc(C(=O)N2CC(C(=O)O)O[C@H](C)C2)nn1-c1ccc(Cl)cc1Cl. The Labute approximate surface area is 160 Å². The van der Waals surface area contributed by atoms with Crippen LogP contribution >= 0.6 is 23.2 Å². The largest absolute Gasteiger partial charge is 0.479 e. The van der Waals surface area contributed by atoms with E-state index in [0.717, 1.165) is 0 Å². The van der Waals surface area contributed by atoms with Gasteiger partial charge in [0.25, 0.3) is 5.91 Å². The van der Waals surface area contributed by atoms with Gasteiger partial charge in [-0.25, -0.2) is 9.48 Å². The maximum atomic E-state index is 12.8. The van der Waals surface area contributed by atoms with Crippen LogP contribution in [-0.4, -0.2) is 57.0 Å². The minimum absolute atomic E-state index is 0.0217. The van der Waals surface area contributed by atoms with Crippen LogP contribution in [-0.2, 0) is 9.53 Å². The Hall–Kier alpha value is -2.09. The fraction of sp³-hybridized carbons (Fsp3) is 0.353. The Morgan fingerprint density at radius 1 is 1.27 bits per heavy atom. The van der Waals surface area contributed by atoms with Gasteiger partial charge in [-0.05, 0) is 38.1 Å². The molecule has 0 bridgehead atoms. The summed E-state index contributed by atoms with van der Waals surface area (Å²) >= 11 is 12.1.